The average molecular weight is 523 g/mol. The van der Waals surface area contributed by atoms with E-state index in [9.17, 15) is 18.3 Å². The molecule has 0 bridgehead atoms. The summed E-state index contributed by atoms with van der Waals surface area (Å²) in [5.74, 6) is 0.844. The summed E-state index contributed by atoms with van der Waals surface area (Å²) < 4.78 is 43.8. The topological polar surface area (TPSA) is 35.9 Å². The average Bonchev–Trinajstić information content (AvgIpc) is 2.74. The van der Waals surface area contributed by atoms with Crippen molar-refractivity contribution < 1.29 is 23.0 Å². The van der Waals surface area contributed by atoms with Crippen LogP contribution in [0.3, 0.4) is 0 Å². The fourth-order valence-corrected chi connectivity index (χ4v) is 3.99. The van der Waals surface area contributed by atoms with Gasteiger partial charge >= 0.3 is 6.18 Å². The minimum Gasteiger partial charge on any atom is -0.491 e. The molecule has 4 nitrogen and oxygen atoms in total. The van der Waals surface area contributed by atoms with Crippen molar-refractivity contribution in [3.63, 3.8) is 0 Å². The lowest BCUT2D eigenvalue weighted by Crippen LogP contribution is -2.45. The molecule has 1 aliphatic rings. The number of alkyl halides is 3. The molecule has 3 rings (SSSR count). The standard InChI is InChI=1S/C25H33F3N2O2.2ClH/c1-19(2)32-23-10-8-22(9-11-23)29(3)15-12-24(31)13-16-30(17-14-24)18-20-4-6-21(7-5-20)25(26,27)28;;/h4-11,19,31H,12-18H2,1-3H3;2*1H. The van der Waals surface area contributed by atoms with Gasteiger partial charge in [0, 0.05) is 38.9 Å². The summed E-state index contributed by atoms with van der Waals surface area (Å²) in [5, 5.41) is 11.0. The van der Waals surface area contributed by atoms with Gasteiger partial charge in [0.1, 0.15) is 5.75 Å². The lowest BCUT2D eigenvalue weighted by atomic mass is 9.88. The summed E-state index contributed by atoms with van der Waals surface area (Å²) >= 11 is 0. The van der Waals surface area contributed by atoms with E-state index in [4.69, 9.17) is 4.74 Å². The maximum absolute atomic E-state index is 12.7. The number of likely N-dealkylation sites (tertiary alicyclic amines) is 1. The molecule has 1 saturated heterocycles. The molecular weight excluding hydrogens is 488 g/mol. The van der Waals surface area contributed by atoms with Gasteiger partial charge in [0.25, 0.3) is 0 Å². The van der Waals surface area contributed by atoms with Crippen molar-refractivity contribution in [2.45, 2.75) is 57.5 Å². The van der Waals surface area contributed by atoms with E-state index in [1.165, 1.54) is 12.1 Å². The van der Waals surface area contributed by atoms with Crippen LogP contribution in [-0.4, -0.2) is 48.4 Å². The van der Waals surface area contributed by atoms with Crippen molar-refractivity contribution in [2.24, 2.45) is 0 Å². The van der Waals surface area contributed by atoms with Gasteiger partial charge in [-0.15, -0.1) is 24.8 Å². The highest BCUT2D eigenvalue weighted by molar-refractivity contribution is 5.85. The number of nitrogens with zero attached hydrogens (tertiary/aromatic N) is 2. The Bertz CT molecular complexity index is 854. The van der Waals surface area contributed by atoms with Crippen LogP contribution in [0.5, 0.6) is 5.75 Å². The quantitative estimate of drug-likeness (QED) is 0.448. The van der Waals surface area contributed by atoms with Gasteiger partial charge in [-0.1, -0.05) is 12.1 Å². The fourth-order valence-electron chi connectivity index (χ4n) is 3.99. The second-order valence-electron chi connectivity index (χ2n) is 9.03. The number of piperidine rings is 1. The van der Waals surface area contributed by atoms with E-state index in [2.05, 4.69) is 9.80 Å². The van der Waals surface area contributed by atoms with E-state index in [1.807, 2.05) is 45.2 Å². The Morgan fingerprint density at radius 1 is 1.00 bits per heavy atom. The first-order chi connectivity index (χ1) is 15.0. The van der Waals surface area contributed by atoms with Crippen molar-refractivity contribution in [3.05, 3.63) is 59.7 Å². The monoisotopic (exact) mass is 522 g/mol. The zero-order chi connectivity index (χ0) is 23.4. The predicted octanol–water partition coefficient (Wildman–Crippen LogP) is 6.19. The molecule has 0 saturated carbocycles. The number of halogens is 5. The lowest BCUT2D eigenvalue weighted by Gasteiger charge is -2.39. The second kappa shape index (κ2) is 12.9. The van der Waals surface area contributed by atoms with Gasteiger partial charge in [-0.05, 0) is 75.1 Å². The minimum absolute atomic E-state index is 0. The van der Waals surface area contributed by atoms with E-state index in [0.29, 0.717) is 25.8 Å². The van der Waals surface area contributed by atoms with Gasteiger partial charge < -0.3 is 14.7 Å². The molecule has 1 fully saturated rings. The molecule has 34 heavy (non-hydrogen) atoms. The summed E-state index contributed by atoms with van der Waals surface area (Å²) in [6.07, 6.45) is -2.19. The van der Waals surface area contributed by atoms with Crippen LogP contribution in [-0.2, 0) is 12.7 Å². The molecule has 0 spiro atoms. The number of aliphatic hydroxyl groups is 1. The van der Waals surface area contributed by atoms with Gasteiger partial charge in [0.05, 0.1) is 17.3 Å². The summed E-state index contributed by atoms with van der Waals surface area (Å²) in [5.41, 5.74) is 0.587. The molecule has 9 heteroatoms. The van der Waals surface area contributed by atoms with Crippen molar-refractivity contribution in [2.75, 3.05) is 31.6 Å². The third-order valence-corrected chi connectivity index (χ3v) is 6.04. The number of benzene rings is 2. The van der Waals surface area contributed by atoms with Crippen LogP contribution in [0.1, 0.15) is 44.2 Å². The lowest BCUT2D eigenvalue weighted by molar-refractivity contribution is -0.137. The molecular formula is C25H35Cl2F3N2O2. The first-order valence-corrected chi connectivity index (χ1v) is 11.1. The van der Waals surface area contributed by atoms with Gasteiger partial charge in [0.15, 0.2) is 0 Å². The van der Waals surface area contributed by atoms with Crippen molar-refractivity contribution in [1.29, 1.82) is 0 Å². The maximum atomic E-state index is 12.7. The van der Waals surface area contributed by atoms with Crippen molar-refractivity contribution in [3.8, 4) is 5.75 Å². The van der Waals surface area contributed by atoms with Crippen molar-refractivity contribution >= 4 is 30.5 Å². The van der Waals surface area contributed by atoms with Gasteiger partial charge in [-0.3, -0.25) is 4.90 Å². The number of hydrogen-bond donors (Lipinski definition) is 1. The zero-order valence-electron chi connectivity index (χ0n) is 19.8. The van der Waals surface area contributed by atoms with E-state index in [1.54, 1.807) is 0 Å². The summed E-state index contributed by atoms with van der Waals surface area (Å²) in [6.45, 7) is 6.77. The number of anilines is 1. The highest BCUT2D eigenvalue weighted by Crippen LogP contribution is 2.30. The number of hydrogen-bond acceptors (Lipinski definition) is 4. The SMILES string of the molecule is CC(C)Oc1ccc(N(C)CCC2(O)CCN(Cc3ccc(C(F)(F)F)cc3)CC2)cc1.Cl.Cl. The molecule has 0 amide bonds. The van der Waals surface area contributed by atoms with Crippen molar-refractivity contribution in [1.82, 2.24) is 4.90 Å². The molecule has 0 atom stereocenters. The Morgan fingerprint density at radius 2 is 1.56 bits per heavy atom. The van der Waals surface area contributed by atoms with Crippen LogP contribution < -0.4 is 9.64 Å². The maximum Gasteiger partial charge on any atom is 0.416 e. The van der Waals surface area contributed by atoms with Crippen LogP contribution in [0.15, 0.2) is 48.5 Å². The van der Waals surface area contributed by atoms with E-state index in [0.717, 1.165) is 48.8 Å². The number of ether oxygens (including phenoxy) is 1. The molecule has 0 radical (unpaired) electrons. The second-order valence-corrected chi connectivity index (χ2v) is 9.03. The molecule has 0 aromatic heterocycles. The third-order valence-electron chi connectivity index (χ3n) is 6.04. The molecule has 1 aliphatic heterocycles. The first kappa shape index (κ1) is 30.4. The van der Waals surface area contributed by atoms with Gasteiger partial charge in [-0.25, -0.2) is 0 Å². The molecule has 1 N–H and O–H groups in total. The number of rotatable bonds is 8. The summed E-state index contributed by atoms with van der Waals surface area (Å²) in [7, 11) is 2.02. The van der Waals surface area contributed by atoms with Gasteiger partial charge in [-0.2, -0.15) is 13.2 Å². The highest BCUT2D eigenvalue weighted by atomic mass is 35.5. The fraction of sp³-hybridized carbons (Fsp3) is 0.520. The Kier molecular flexibility index (Phi) is 11.5. The minimum atomic E-state index is -4.31. The summed E-state index contributed by atoms with van der Waals surface area (Å²) in [4.78, 5) is 4.32. The molecule has 0 aliphatic carbocycles. The van der Waals surface area contributed by atoms with Gasteiger partial charge in [0.2, 0.25) is 0 Å². The summed E-state index contributed by atoms with van der Waals surface area (Å²) in [6, 6.07) is 13.3. The Morgan fingerprint density at radius 3 is 2.06 bits per heavy atom. The van der Waals surface area contributed by atoms with Crippen LogP contribution in [0, 0.1) is 0 Å². The normalized spacial score (nSPS) is 15.9. The van der Waals surface area contributed by atoms with Crippen LogP contribution >= 0.6 is 24.8 Å². The first-order valence-electron chi connectivity index (χ1n) is 11.1. The van der Waals surface area contributed by atoms with Crippen LogP contribution in [0.2, 0.25) is 0 Å². The van der Waals surface area contributed by atoms with Crippen LogP contribution in [0.4, 0.5) is 18.9 Å². The Hall–Kier alpha value is -1.67. The zero-order valence-corrected chi connectivity index (χ0v) is 21.5. The van der Waals surface area contributed by atoms with Crippen LogP contribution in [0.25, 0.3) is 0 Å². The smallest absolute Gasteiger partial charge is 0.416 e. The molecule has 0 unspecified atom stereocenters. The van der Waals surface area contributed by atoms with E-state index in [-0.39, 0.29) is 30.9 Å². The largest absolute Gasteiger partial charge is 0.491 e. The molecule has 2 aromatic carbocycles. The molecule has 1 heterocycles. The van der Waals surface area contributed by atoms with E-state index < -0.39 is 17.3 Å². The highest BCUT2D eigenvalue weighted by Gasteiger charge is 2.33. The molecule has 2 aromatic rings. The third kappa shape index (κ3) is 8.84. The Labute approximate surface area is 212 Å². The Balaban J connectivity index is 0.00000289. The van der Waals surface area contributed by atoms with E-state index >= 15 is 0 Å². The molecule has 192 valence electrons. The predicted molar refractivity (Wildman–Crippen MR) is 135 cm³/mol.